The van der Waals surface area contributed by atoms with E-state index in [1.54, 1.807) is 0 Å². The van der Waals surface area contributed by atoms with Crippen molar-refractivity contribution >= 4 is 21.8 Å². The molecule has 4 aromatic rings. The molecule has 5 rings (SSSR count). The Morgan fingerprint density at radius 1 is 0.760 bits per heavy atom. The fourth-order valence-corrected chi connectivity index (χ4v) is 4.87. The lowest BCUT2D eigenvalue weighted by Gasteiger charge is -2.40. The molecular weight excluding hydrogens is 304 g/mol. The SMILES string of the molecule is CC1CCC(c2c[nH]c3ccccc23)(c2c[nH]c3ccccc23)CC1. The number of para-hydroxylation sites is 2. The number of benzene rings is 2. The average Bonchev–Trinajstić information content (AvgIpc) is 3.28. The first kappa shape index (κ1) is 14.8. The Kier molecular flexibility index (Phi) is 3.27. The Morgan fingerprint density at radius 3 is 1.76 bits per heavy atom. The van der Waals surface area contributed by atoms with E-state index < -0.39 is 0 Å². The van der Waals surface area contributed by atoms with E-state index >= 15 is 0 Å². The summed E-state index contributed by atoms with van der Waals surface area (Å²) in [7, 11) is 0. The number of nitrogens with one attached hydrogen (secondary N) is 2. The average molecular weight is 328 g/mol. The Labute approximate surface area is 148 Å². The molecule has 0 aliphatic heterocycles. The lowest BCUT2D eigenvalue weighted by molar-refractivity contribution is 0.283. The highest BCUT2D eigenvalue weighted by molar-refractivity contribution is 5.89. The van der Waals surface area contributed by atoms with Crippen molar-refractivity contribution in [1.82, 2.24) is 9.97 Å². The maximum Gasteiger partial charge on any atom is 0.0457 e. The Balaban J connectivity index is 1.78. The van der Waals surface area contributed by atoms with Crippen molar-refractivity contribution in [2.75, 3.05) is 0 Å². The number of hydrogen-bond acceptors (Lipinski definition) is 0. The number of H-pyrrole nitrogens is 2. The molecule has 1 aliphatic rings. The molecule has 0 unspecified atom stereocenters. The predicted molar refractivity (Wildman–Crippen MR) is 105 cm³/mol. The van der Waals surface area contributed by atoms with E-state index in [0.717, 1.165) is 5.92 Å². The summed E-state index contributed by atoms with van der Waals surface area (Å²) in [4.78, 5) is 7.04. The number of aromatic nitrogens is 2. The second-order valence-electron chi connectivity index (χ2n) is 7.76. The maximum absolute atomic E-state index is 3.52. The summed E-state index contributed by atoms with van der Waals surface area (Å²) in [6, 6.07) is 17.5. The minimum absolute atomic E-state index is 0.103. The Morgan fingerprint density at radius 2 is 1.24 bits per heavy atom. The molecule has 0 amide bonds. The molecule has 1 saturated carbocycles. The first-order valence-corrected chi connectivity index (χ1v) is 9.41. The van der Waals surface area contributed by atoms with Crippen LogP contribution in [0, 0.1) is 5.92 Å². The van der Waals surface area contributed by atoms with Crippen LogP contribution in [0.4, 0.5) is 0 Å². The minimum Gasteiger partial charge on any atom is -0.361 e. The van der Waals surface area contributed by atoms with Crippen LogP contribution in [-0.4, -0.2) is 9.97 Å². The highest BCUT2D eigenvalue weighted by Gasteiger charge is 2.40. The van der Waals surface area contributed by atoms with Gasteiger partial charge in [0.25, 0.3) is 0 Å². The van der Waals surface area contributed by atoms with Crippen LogP contribution in [0.25, 0.3) is 21.8 Å². The van der Waals surface area contributed by atoms with Crippen LogP contribution < -0.4 is 0 Å². The first-order chi connectivity index (χ1) is 12.3. The Bertz CT molecular complexity index is 952. The molecular formula is C23H24N2. The van der Waals surface area contributed by atoms with Crippen molar-refractivity contribution < 1.29 is 0 Å². The van der Waals surface area contributed by atoms with Crippen LogP contribution in [0.3, 0.4) is 0 Å². The zero-order chi connectivity index (χ0) is 16.9. The summed E-state index contributed by atoms with van der Waals surface area (Å²) in [5.41, 5.74) is 5.54. The third kappa shape index (κ3) is 2.17. The van der Waals surface area contributed by atoms with Gasteiger partial charge in [0.2, 0.25) is 0 Å². The van der Waals surface area contributed by atoms with Gasteiger partial charge < -0.3 is 9.97 Å². The second-order valence-corrected chi connectivity index (χ2v) is 7.76. The molecule has 126 valence electrons. The van der Waals surface area contributed by atoms with Gasteiger partial charge in [0.1, 0.15) is 0 Å². The molecule has 1 fully saturated rings. The molecule has 0 radical (unpaired) electrons. The summed E-state index contributed by atoms with van der Waals surface area (Å²) < 4.78 is 0. The smallest absolute Gasteiger partial charge is 0.0457 e. The van der Waals surface area contributed by atoms with Crippen LogP contribution in [0.1, 0.15) is 43.7 Å². The van der Waals surface area contributed by atoms with E-state index in [-0.39, 0.29) is 5.41 Å². The molecule has 0 saturated heterocycles. The van der Waals surface area contributed by atoms with Gasteiger partial charge in [-0.2, -0.15) is 0 Å². The normalized spacial score (nSPS) is 18.1. The van der Waals surface area contributed by atoms with Crippen molar-refractivity contribution in [1.29, 1.82) is 0 Å². The summed E-state index contributed by atoms with van der Waals surface area (Å²) >= 11 is 0. The van der Waals surface area contributed by atoms with Crippen LogP contribution in [-0.2, 0) is 5.41 Å². The summed E-state index contributed by atoms with van der Waals surface area (Å²) in [6.07, 6.45) is 9.55. The molecule has 2 N–H and O–H groups in total. The van der Waals surface area contributed by atoms with Gasteiger partial charge in [0, 0.05) is 39.6 Å². The van der Waals surface area contributed by atoms with Crippen molar-refractivity contribution in [2.24, 2.45) is 5.92 Å². The van der Waals surface area contributed by atoms with E-state index in [9.17, 15) is 0 Å². The van der Waals surface area contributed by atoms with Gasteiger partial charge >= 0.3 is 0 Å². The summed E-state index contributed by atoms with van der Waals surface area (Å²) in [5, 5.41) is 2.75. The molecule has 1 aliphatic carbocycles. The zero-order valence-corrected chi connectivity index (χ0v) is 14.7. The lowest BCUT2D eigenvalue weighted by atomic mass is 9.63. The van der Waals surface area contributed by atoms with Gasteiger partial charge in [-0.15, -0.1) is 0 Å². The third-order valence-corrected chi connectivity index (χ3v) is 6.34. The van der Waals surface area contributed by atoms with Crippen LogP contribution in [0.2, 0.25) is 0 Å². The Hall–Kier alpha value is -2.48. The van der Waals surface area contributed by atoms with Crippen molar-refractivity contribution in [3.63, 3.8) is 0 Å². The van der Waals surface area contributed by atoms with E-state index in [1.165, 1.54) is 58.6 Å². The minimum atomic E-state index is 0.103. The van der Waals surface area contributed by atoms with Gasteiger partial charge in [-0.3, -0.25) is 0 Å². The van der Waals surface area contributed by atoms with Gasteiger partial charge in [-0.25, -0.2) is 0 Å². The number of rotatable bonds is 2. The molecule has 2 aromatic carbocycles. The molecule has 25 heavy (non-hydrogen) atoms. The monoisotopic (exact) mass is 328 g/mol. The van der Waals surface area contributed by atoms with Crippen molar-refractivity contribution in [2.45, 2.75) is 38.0 Å². The van der Waals surface area contributed by atoms with Crippen LogP contribution >= 0.6 is 0 Å². The number of aromatic amines is 2. The maximum atomic E-state index is 3.52. The topological polar surface area (TPSA) is 31.6 Å². The summed E-state index contributed by atoms with van der Waals surface area (Å²) in [5.74, 6) is 0.823. The molecule has 2 heteroatoms. The largest absolute Gasteiger partial charge is 0.361 e. The highest BCUT2D eigenvalue weighted by atomic mass is 14.7. The molecule has 0 spiro atoms. The van der Waals surface area contributed by atoms with Gasteiger partial charge in [0.15, 0.2) is 0 Å². The van der Waals surface area contributed by atoms with Crippen LogP contribution in [0.15, 0.2) is 60.9 Å². The van der Waals surface area contributed by atoms with Gasteiger partial charge in [-0.05, 0) is 54.9 Å². The van der Waals surface area contributed by atoms with E-state index in [4.69, 9.17) is 0 Å². The fraction of sp³-hybridized carbons (Fsp3) is 0.304. The van der Waals surface area contributed by atoms with Crippen molar-refractivity contribution in [3.05, 3.63) is 72.1 Å². The fourth-order valence-electron chi connectivity index (χ4n) is 4.87. The van der Waals surface area contributed by atoms with Crippen LogP contribution in [0.5, 0.6) is 0 Å². The predicted octanol–water partition coefficient (Wildman–Crippen LogP) is 6.15. The third-order valence-electron chi connectivity index (χ3n) is 6.34. The van der Waals surface area contributed by atoms with E-state index in [1.807, 2.05) is 0 Å². The number of fused-ring (bicyclic) bond motifs is 2. The molecule has 2 nitrogen and oxygen atoms in total. The highest BCUT2D eigenvalue weighted by Crippen LogP contribution is 2.50. The number of hydrogen-bond donors (Lipinski definition) is 2. The van der Waals surface area contributed by atoms with Gasteiger partial charge in [-0.1, -0.05) is 43.3 Å². The van der Waals surface area contributed by atoms with E-state index in [2.05, 4.69) is 77.8 Å². The molecule has 0 bridgehead atoms. The second kappa shape index (κ2) is 5.52. The molecule has 0 atom stereocenters. The first-order valence-electron chi connectivity index (χ1n) is 9.41. The van der Waals surface area contributed by atoms with Gasteiger partial charge in [0.05, 0.1) is 0 Å². The van der Waals surface area contributed by atoms with Crippen molar-refractivity contribution in [3.8, 4) is 0 Å². The zero-order valence-electron chi connectivity index (χ0n) is 14.7. The van der Waals surface area contributed by atoms with E-state index in [0.29, 0.717) is 0 Å². The summed E-state index contributed by atoms with van der Waals surface area (Å²) in [6.45, 7) is 2.40. The quantitative estimate of drug-likeness (QED) is 0.442. The molecule has 2 aromatic heterocycles. The standard InChI is InChI=1S/C23H24N2/c1-16-10-12-23(13-11-16,19-14-24-21-8-4-2-6-17(19)21)20-15-25-22-9-5-3-7-18(20)22/h2-9,14-16,24-25H,10-13H2,1H3. The molecule has 2 heterocycles. The lowest BCUT2D eigenvalue weighted by Crippen LogP contribution is -2.32.